The van der Waals surface area contributed by atoms with Crippen LogP contribution < -0.4 is 11.1 Å². The second-order valence-corrected chi connectivity index (χ2v) is 3.62. The number of hydrogen-bond acceptors (Lipinski definition) is 2. The molecule has 0 aromatic rings. The van der Waals surface area contributed by atoms with Crippen LogP contribution in [0.2, 0.25) is 0 Å². The molecule has 1 aliphatic rings. The molecule has 0 unspecified atom stereocenters. The maximum atomic E-state index is 11.1. The monoisotopic (exact) mass is 213 g/mol. The number of thiocarbonyl (C=S) groups is 1. The van der Waals surface area contributed by atoms with Gasteiger partial charge in [-0.1, -0.05) is 6.08 Å². The number of nitrogens with one attached hydrogen (secondary N) is 1. The number of nitrogens with two attached hydrogens (primary N) is 1. The van der Waals surface area contributed by atoms with Crippen LogP contribution >= 0.6 is 12.2 Å². The molecule has 1 fully saturated rings. The summed E-state index contributed by atoms with van der Waals surface area (Å²) >= 11 is 5.13. The molecule has 1 atom stereocenters. The van der Waals surface area contributed by atoms with Crippen molar-refractivity contribution in [3.63, 3.8) is 0 Å². The number of carbonyl (C=O) groups is 1. The lowest BCUT2D eigenvalue weighted by Gasteiger charge is -2.24. The zero-order chi connectivity index (χ0) is 10.6. The smallest absolute Gasteiger partial charge is 0.240 e. The van der Waals surface area contributed by atoms with Gasteiger partial charge >= 0.3 is 0 Å². The Morgan fingerprint density at radius 1 is 1.79 bits per heavy atom. The zero-order valence-electron chi connectivity index (χ0n) is 8.03. The molecule has 4 nitrogen and oxygen atoms in total. The molecular formula is C9H15N3OS. The van der Waals surface area contributed by atoms with E-state index in [4.69, 9.17) is 18.0 Å². The standard InChI is InChI=1S/C9H15N3OS/c1-2-5-11-9(14)12-6-3-4-7(12)8(10)13/h2,7H,1,3-6H2,(H2,10,13)(H,11,14)/t7-/m0/s1. The highest BCUT2D eigenvalue weighted by Gasteiger charge is 2.30. The number of amides is 1. The fourth-order valence-corrected chi connectivity index (χ4v) is 1.87. The number of hydrogen-bond donors (Lipinski definition) is 2. The quantitative estimate of drug-likeness (QED) is 0.511. The van der Waals surface area contributed by atoms with Crippen molar-refractivity contribution in [1.29, 1.82) is 0 Å². The highest BCUT2D eigenvalue weighted by Crippen LogP contribution is 2.16. The van der Waals surface area contributed by atoms with E-state index in [1.165, 1.54) is 0 Å². The molecule has 1 saturated heterocycles. The Bertz CT molecular complexity index is 254. The van der Waals surface area contributed by atoms with Crippen molar-refractivity contribution in [3.05, 3.63) is 12.7 Å². The van der Waals surface area contributed by atoms with Crippen LogP contribution in [-0.4, -0.2) is 35.1 Å². The van der Waals surface area contributed by atoms with Gasteiger partial charge in [0.25, 0.3) is 0 Å². The van der Waals surface area contributed by atoms with E-state index in [-0.39, 0.29) is 11.9 Å². The molecule has 0 radical (unpaired) electrons. The van der Waals surface area contributed by atoms with E-state index < -0.39 is 0 Å². The van der Waals surface area contributed by atoms with E-state index >= 15 is 0 Å². The highest BCUT2D eigenvalue weighted by atomic mass is 32.1. The number of likely N-dealkylation sites (tertiary alicyclic amines) is 1. The molecule has 0 aromatic carbocycles. The summed E-state index contributed by atoms with van der Waals surface area (Å²) in [5.41, 5.74) is 5.27. The summed E-state index contributed by atoms with van der Waals surface area (Å²) in [7, 11) is 0. The maximum absolute atomic E-state index is 11.1. The minimum Gasteiger partial charge on any atom is -0.368 e. The van der Waals surface area contributed by atoms with E-state index in [0.717, 1.165) is 19.4 Å². The first-order valence-electron chi connectivity index (χ1n) is 4.61. The second-order valence-electron chi connectivity index (χ2n) is 3.23. The Hall–Kier alpha value is -1.10. The van der Waals surface area contributed by atoms with Crippen molar-refractivity contribution in [2.75, 3.05) is 13.1 Å². The molecule has 0 spiro atoms. The third kappa shape index (κ3) is 2.45. The van der Waals surface area contributed by atoms with Gasteiger partial charge in [0.2, 0.25) is 5.91 Å². The van der Waals surface area contributed by atoms with Gasteiger partial charge in [-0.15, -0.1) is 6.58 Å². The molecule has 0 aromatic heterocycles. The van der Waals surface area contributed by atoms with Crippen LogP contribution in [0.3, 0.4) is 0 Å². The molecule has 1 aliphatic heterocycles. The molecule has 1 rings (SSSR count). The van der Waals surface area contributed by atoms with Crippen molar-refractivity contribution in [1.82, 2.24) is 10.2 Å². The third-order valence-electron chi connectivity index (χ3n) is 2.24. The van der Waals surface area contributed by atoms with E-state index in [1.54, 1.807) is 6.08 Å². The largest absolute Gasteiger partial charge is 0.368 e. The van der Waals surface area contributed by atoms with E-state index in [0.29, 0.717) is 11.7 Å². The summed E-state index contributed by atoms with van der Waals surface area (Å²) in [5.74, 6) is -0.301. The first kappa shape index (κ1) is 11.0. The minimum absolute atomic E-state index is 0.236. The van der Waals surface area contributed by atoms with Gasteiger partial charge in [0.05, 0.1) is 0 Å². The summed E-state index contributed by atoms with van der Waals surface area (Å²) in [5, 5.41) is 3.58. The van der Waals surface area contributed by atoms with E-state index in [1.807, 2.05) is 4.90 Å². The number of nitrogens with zero attached hydrogens (tertiary/aromatic N) is 1. The van der Waals surface area contributed by atoms with Crippen LogP contribution in [-0.2, 0) is 4.79 Å². The number of rotatable bonds is 3. The Morgan fingerprint density at radius 3 is 3.07 bits per heavy atom. The highest BCUT2D eigenvalue weighted by molar-refractivity contribution is 7.80. The van der Waals surface area contributed by atoms with Crippen LogP contribution in [0.5, 0.6) is 0 Å². The fraction of sp³-hybridized carbons (Fsp3) is 0.556. The van der Waals surface area contributed by atoms with Crippen molar-refractivity contribution < 1.29 is 4.79 Å². The van der Waals surface area contributed by atoms with Crippen LogP contribution in [0.1, 0.15) is 12.8 Å². The first-order valence-corrected chi connectivity index (χ1v) is 5.02. The average Bonchev–Trinajstić information content (AvgIpc) is 2.62. The lowest BCUT2D eigenvalue weighted by molar-refractivity contribution is -0.121. The van der Waals surface area contributed by atoms with Gasteiger partial charge in [0.1, 0.15) is 6.04 Å². The van der Waals surface area contributed by atoms with Gasteiger partial charge < -0.3 is 16.0 Å². The average molecular weight is 213 g/mol. The van der Waals surface area contributed by atoms with Gasteiger partial charge in [-0.25, -0.2) is 0 Å². The van der Waals surface area contributed by atoms with Crippen LogP contribution in [0, 0.1) is 0 Å². The predicted octanol–water partition coefficient (Wildman–Crippen LogP) is -0.00340. The van der Waals surface area contributed by atoms with Crippen molar-refractivity contribution >= 4 is 23.2 Å². The molecule has 3 N–H and O–H groups in total. The summed E-state index contributed by atoms with van der Waals surface area (Å²) in [6, 6.07) is -0.236. The maximum Gasteiger partial charge on any atom is 0.240 e. The Labute approximate surface area is 89.1 Å². The van der Waals surface area contributed by atoms with E-state index in [9.17, 15) is 4.79 Å². The Balaban J connectivity index is 2.53. The Kier molecular flexibility index (Phi) is 3.88. The summed E-state index contributed by atoms with van der Waals surface area (Å²) in [4.78, 5) is 12.9. The molecule has 5 heteroatoms. The van der Waals surface area contributed by atoms with Crippen molar-refractivity contribution in [2.45, 2.75) is 18.9 Å². The molecule has 1 heterocycles. The van der Waals surface area contributed by atoms with Gasteiger partial charge in [0, 0.05) is 13.1 Å². The summed E-state index contributed by atoms with van der Waals surface area (Å²) in [6.07, 6.45) is 3.48. The predicted molar refractivity (Wildman–Crippen MR) is 59.7 cm³/mol. The van der Waals surface area contributed by atoms with Crippen molar-refractivity contribution in [2.24, 2.45) is 5.73 Å². The second kappa shape index (κ2) is 4.95. The first-order chi connectivity index (χ1) is 6.66. The fourth-order valence-electron chi connectivity index (χ4n) is 1.57. The molecule has 78 valence electrons. The van der Waals surface area contributed by atoms with Gasteiger partial charge in [-0.2, -0.15) is 0 Å². The number of primary amides is 1. The molecular weight excluding hydrogens is 198 g/mol. The minimum atomic E-state index is -0.301. The lowest BCUT2D eigenvalue weighted by Crippen LogP contribution is -2.47. The molecule has 0 bridgehead atoms. The molecule has 0 aliphatic carbocycles. The SMILES string of the molecule is C=CCNC(=S)N1CCC[C@H]1C(N)=O. The topological polar surface area (TPSA) is 58.4 Å². The lowest BCUT2D eigenvalue weighted by atomic mass is 10.2. The van der Waals surface area contributed by atoms with Crippen LogP contribution in [0.15, 0.2) is 12.7 Å². The van der Waals surface area contributed by atoms with Gasteiger partial charge in [-0.05, 0) is 25.1 Å². The van der Waals surface area contributed by atoms with Gasteiger partial charge in [0.15, 0.2) is 5.11 Å². The van der Waals surface area contributed by atoms with Gasteiger partial charge in [-0.3, -0.25) is 4.79 Å². The zero-order valence-corrected chi connectivity index (χ0v) is 8.85. The molecule has 0 saturated carbocycles. The molecule has 1 amide bonds. The van der Waals surface area contributed by atoms with E-state index in [2.05, 4.69) is 11.9 Å². The summed E-state index contributed by atoms with van der Waals surface area (Å²) < 4.78 is 0. The normalized spacial score (nSPS) is 20.6. The third-order valence-corrected chi connectivity index (χ3v) is 2.62. The van der Waals surface area contributed by atoms with Crippen molar-refractivity contribution in [3.8, 4) is 0 Å². The van der Waals surface area contributed by atoms with Crippen LogP contribution in [0.25, 0.3) is 0 Å². The Morgan fingerprint density at radius 2 is 2.50 bits per heavy atom. The number of carbonyl (C=O) groups excluding carboxylic acids is 1. The summed E-state index contributed by atoms with van der Waals surface area (Å²) in [6.45, 7) is 5.00. The van der Waals surface area contributed by atoms with Crippen LogP contribution in [0.4, 0.5) is 0 Å². The molecule has 14 heavy (non-hydrogen) atoms.